The lowest BCUT2D eigenvalue weighted by Gasteiger charge is -2.27. The van der Waals surface area contributed by atoms with Gasteiger partial charge in [-0.25, -0.2) is 0 Å². The lowest BCUT2D eigenvalue weighted by Crippen LogP contribution is -2.50. The monoisotopic (exact) mass is 216 g/mol. The van der Waals surface area contributed by atoms with Crippen molar-refractivity contribution in [3.63, 3.8) is 0 Å². The molecule has 0 aliphatic carbocycles. The maximum atomic E-state index is 10.4. The average Bonchev–Trinajstić information content (AvgIpc) is 2.49. The van der Waals surface area contributed by atoms with Crippen molar-refractivity contribution in [1.82, 2.24) is 10.6 Å². The third kappa shape index (κ3) is 2.41. The predicted octanol–water partition coefficient (Wildman–Crippen LogP) is 0.449. The first kappa shape index (κ1) is 10.9. The van der Waals surface area contributed by atoms with Gasteiger partial charge in [-0.05, 0) is 11.8 Å². The zero-order chi connectivity index (χ0) is 10.6. The number of carbonyl (C=O) groups is 2. The number of amides is 1. The van der Waals surface area contributed by atoms with E-state index in [-0.39, 0.29) is 6.42 Å². The van der Waals surface area contributed by atoms with Crippen LogP contribution in [0.3, 0.4) is 0 Å². The SMILES string of the molecule is CCC1(NC=O)NC(CC(=O)O)=CS1. The first-order valence-electron chi connectivity index (χ1n) is 4.20. The molecular weight excluding hydrogens is 204 g/mol. The summed E-state index contributed by atoms with van der Waals surface area (Å²) in [5.74, 6) is -0.887. The Hall–Kier alpha value is -1.17. The first-order chi connectivity index (χ1) is 6.62. The minimum atomic E-state index is -0.887. The molecule has 1 unspecified atom stereocenters. The van der Waals surface area contributed by atoms with Gasteiger partial charge in [0.05, 0.1) is 6.42 Å². The molecule has 0 radical (unpaired) electrons. The summed E-state index contributed by atoms with van der Waals surface area (Å²) in [4.78, 5) is 20.2. The normalized spacial score (nSPS) is 25.1. The molecule has 1 aliphatic rings. The second-order valence-corrected chi connectivity index (χ2v) is 4.07. The van der Waals surface area contributed by atoms with Crippen molar-refractivity contribution in [2.75, 3.05) is 0 Å². The van der Waals surface area contributed by atoms with Gasteiger partial charge in [-0.15, -0.1) is 0 Å². The number of carbonyl (C=O) groups excluding carboxylic acids is 1. The minimum absolute atomic E-state index is 0.0463. The number of rotatable bonds is 5. The van der Waals surface area contributed by atoms with Crippen molar-refractivity contribution in [3.05, 3.63) is 11.1 Å². The Balaban J connectivity index is 2.57. The number of hydrogen-bond acceptors (Lipinski definition) is 4. The molecule has 1 amide bonds. The highest BCUT2D eigenvalue weighted by molar-refractivity contribution is 8.03. The maximum absolute atomic E-state index is 10.4. The molecule has 3 N–H and O–H groups in total. The summed E-state index contributed by atoms with van der Waals surface area (Å²) < 4.78 is 0. The fourth-order valence-corrected chi connectivity index (χ4v) is 2.14. The van der Waals surface area contributed by atoms with Gasteiger partial charge in [-0.2, -0.15) is 0 Å². The highest BCUT2D eigenvalue weighted by Crippen LogP contribution is 2.32. The van der Waals surface area contributed by atoms with Gasteiger partial charge in [0.2, 0.25) is 6.41 Å². The van der Waals surface area contributed by atoms with E-state index in [1.54, 1.807) is 5.41 Å². The highest BCUT2D eigenvalue weighted by atomic mass is 32.2. The maximum Gasteiger partial charge on any atom is 0.309 e. The van der Waals surface area contributed by atoms with Crippen LogP contribution in [0, 0.1) is 0 Å². The number of carboxylic acid groups (broad SMARTS) is 1. The Morgan fingerprint density at radius 1 is 1.86 bits per heavy atom. The molecule has 0 fully saturated rings. The standard InChI is InChI=1S/C8H12N2O3S/c1-2-8(9-5-11)10-6(4-14-8)3-7(12)13/h4-5,10H,2-3H2,1H3,(H,9,11)(H,12,13). The van der Waals surface area contributed by atoms with Gasteiger partial charge in [-0.1, -0.05) is 18.7 Å². The molecule has 78 valence electrons. The van der Waals surface area contributed by atoms with Crippen molar-refractivity contribution >= 4 is 24.1 Å². The molecular formula is C8H12N2O3S. The number of aliphatic carboxylic acids is 1. The molecule has 6 heteroatoms. The minimum Gasteiger partial charge on any atom is -0.481 e. The van der Waals surface area contributed by atoms with Gasteiger partial charge in [0.25, 0.3) is 0 Å². The third-order valence-corrected chi connectivity index (χ3v) is 3.21. The van der Waals surface area contributed by atoms with Crippen LogP contribution in [0.5, 0.6) is 0 Å². The Bertz CT molecular complexity index is 280. The molecule has 0 bridgehead atoms. The van der Waals surface area contributed by atoms with E-state index in [4.69, 9.17) is 5.11 Å². The Morgan fingerprint density at radius 3 is 3.07 bits per heavy atom. The second kappa shape index (κ2) is 4.36. The van der Waals surface area contributed by atoms with E-state index in [0.29, 0.717) is 18.5 Å². The molecule has 0 aromatic heterocycles. The smallest absolute Gasteiger partial charge is 0.309 e. The van der Waals surface area contributed by atoms with Crippen LogP contribution in [0.25, 0.3) is 0 Å². The zero-order valence-electron chi connectivity index (χ0n) is 7.74. The largest absolute Gasteiger partial charge is 0.481 e. The van der Waals surface area contributed by atoms with E-state index in [2.05, 4.69) is 10.6 Å². The highest BCUT2D eigenvalue weighted by Gasteiger charge is 2.32. The van der Waals surface area contributed by atoms with E-state index in [1.165, 1.54) is 11.8 Å². The lowest BCUT2D eigenvalue weighted by molar-refractivity contribution is -0.136. The van der Waals surface area contributed by atoms with Crippen LogP contribution in [0.4, 0.5) is 0 Å². The van der Waals surface area contributed by atoms with E-state index < -0.39 is 11.0 Å². The lowest BCUT2D eigenvalue weighted by atomic mass is 10.3. The fraction of sp³-hybridized carbons (Fsp3) is 0.500. The van der Waals surface area contributed by atoms with Gasteiger partial charge < -0.3 is 15.7 Å². The van der Waals surface area contributed by atoms with Crippen molar-refractivity contribution in [1.29, 1.82) is 0 Å². The molecule has 1 rings (SSSR count). The average molecular weight is 216 g/mol. The van der Waals surface area contributed by atoms with Gasteiger partial charge >= 0.3 is 5.97 Å². The van der Waals surface area contributed by atoms with Crippen LogP contribution in [0.15, 0.2) is 11.1 Å². The molecule has 5 nitrogen and oxygen atoms in total. The van der Waals surface area contributed by atoms with Gasteiger partial charge in [0.1, 0.15) is 0 Å². The van der Waals surface area contributed by atoms with Crippen LogP contribution in [-0.4, -0.2) is 22.5 Å². The second-order valence-electron chi connectivity index (χ2n) is 2.90. The molecule has 1 heterocycles. The number of hydrogen-bond donors (Lipinski definition) is 3. The molecule has 1 aliphatic heterocycles. The summed E-state index contributed by atoms with van der Waals surface area (Å²) in [5.41, 5.74) is 0.624. The fourth-order valence-electron chi connectivity index (χ4n) is 1.18. The van der Waals surface area contributed by atoms with E-state index in [9.17, 15) is 9.59 Å². The Labute approximate surface area is 85.9 Å². The van der Waals surface area contributed by atoms with Gasteiger partial charge in [0.15, 0.2) is 4.99 Å². The van der Waals surface area contributed by atoms with E-state index in [1.807, 2.05) is 6.92 Å². The molecule has 0 aromatic rings. The van der Waals surface area contributed by atoms with Crippen LogP contribution >= 0.6 is 11.8 Å². The van der Waals surface area contributed by atoms with E-state index in [0.717, 1.165) is 0 Å². The van der Waals surface area contributed by atoms with Crippen LogP contribution in [0.2, 0.25) is 0 Å². The topological polar surface area (TPSA) is 78.4 Å². The van der Waals surface area contributed by atoms with E-state index >= 15 is 0 Å². The summed E-state index contributed by atoms with van der Waals surface area (Å²) in [6, 6.07) is 0. The van der Waals surface area contributed by atoms with Crippen molar-refractivity contribution in [2.24, 2.45) is 0 Å². The molecule has 1 atom stereocenters. The Morgan fingerprint density at radius 2 is 2.57 bits per heavy atom. The summed E-state index contributed by atoms with van der Waals surface area (Å²) in [5, 5.41) is 15.9. The number of carboxylic acids is 1. The molecule has 14 heavy (non-hydrogen) atoms. The summed E-state index contributed by atoms with van der Waals surface area (Å²) in [7, 11) is 0. The van der Waals surface area contributed by atoms with Gasteiger partial charge in [0, 0.05) is 5.70 Å². The van der Waals surface area contributed by atoms with Crippen molar-refractivity contribution in [2.45, 2.75) is 24.8 Å². The van der Waals surface area contributed by atoms with Crippen LogP contribution in [-0.2, 0) is 9.59 Å². The quantitative estimate of drug-likeness (QED) is 0.581. The van der Waals surface area contributed by atoms with Crippen molar-refractivity contribution < 1.29 is 14.7 Å². The molecule has 0 saturated heterocycles. The van der Waals surface area contributed by atoms with Crippen molar-refractivity contribution in [3.8, 4) is 0 Å². The molecule has 0 aromatic carbocycles. The van der Waals surface area contributed by atoms with Crippen LogP contribution < -0.4 is 10.6 Å². The molecule has 0 saturated carbocycles. The predicted molar refractivity (Wildman–Crippen MR) is 53.3 cm³/mol. The van der Waals surface area contributed by atoms with Gasteiger partial charge in [-0.3, -0.25) is 9.59 Å². The third-order valence-electron chi connectivity index (χ3n) is 1.90. The first-order valence-corrected chi connectivity index (χ1v) is 5.08. The number of thioether (sulfide) groups is 1. The molecule has 0 spiro atoms. The number of nitrogens with one attached hydrogen (secondary N) is 2. The summed E-state index contributed by atoms with van der Waals surface area (Å²) in [6.07, 6.45) is 1.24. The van der Waals surface area contributed by atoms with Crippen LogP contribution in [0.1, 0.15) is 19.8 Å². The summed E-state index contributed by atoms with van der Waals surface area (Å²) >= 11 is 1.39. The summed E-state index contributed by atoms with van der Waals surface area (Å²) in [6.45, 7) is 1.91. The Kier molecular flexibility index (Phi) is 3.40. The zero-order valence-corrected chi connectivity index (χ0v) is 8.56.